The Balaban J connectivity index is 2.30. The molecule has 2 rings (SSSR count). The maximum Gasteiger partial charge on any atom is 0.135 e. The van der Waals surface area contributed by atoms with Gasteiger partial charge in [-0.3, -0.25) is 4.68 Å². The van der Waals surface area contributed by atoms with E-state index in [1.54, 1.807) is 0 Å². The molecule has 1 heterocycles. The van der Waals surface area contributed by atoms with Crippen LogP contribution in [-0.4, -0.2) is 23.4 Å². The lowest BCUT2D eigenvalue weighted by Gasteiger charge is -2.21. The summed E-state index contributed by atoms with van der Waals surface area (Å²) in [6, 6.07) is 10.4. The molecule has 0 unspecified atom stereocenters. The lowest BCUT2D eigenvalue weighted by molar-refractivity contribution is 0.672. The highest BCUT2D eigenvalue weighted by atomic mass is 15.4. The number of nitrogens with one attached hydrogen (secondary N) is 1. The van der Waals surface area contributed by atoms with E-state index in [0.29, 0.717) is 0 Å². The summed E-state index contributed by atoms with van der Waals surface area (Å²) in [5.41, 5.74) is 3.54. The molecule has 0 amide bonds. The Morgan fingerprint density at radius 1 is 1.25 bits per heavy atom. The van der Waals surface area contributed by atoms with E-state index in [2.05, 4.69) is 60.5 Å². The third kappa shape index (κ3) is 3.02. The normalized spacial score (nSPS) is 10.8. The van der Waals surface area contributed by atoms with Gasteiger partial charge in [-0.15, -0.1) is 0 Å². The molecular weight excluding hydrogens is 248 g/mol. The number of rotatable bonds is 6. The molecule has 0 saturated carbocycles. The van der Waals surface area contributed by atoms with E-state index in [9.17, 15) is 0 Å². The SMILES string of the molecule is CCCNCc1c(C)nn(C)c1N(C)c1ccccc1. The minimum atomic E-state index is 0.861. The van der Waals surface area contributed by atoms with Gasteiger partial charge in [0, 0.05) is 31.9 Å². The highest BCUT2D eigenvalue weighted by Gasteiger charge is 2.17. The maximum absolute atomic E-state index is 4.57. The molecule has 0 aliphatic carbocycles. The van der Waals surface area contributed by atoms with Crippen molar-refractivity contribution in [2.45, 2.75) is 26.8 Å². The summed E-state index contributed by atoms with van der Waals surface area (Å²) in [5, 5.41) is 8.04. The zero-order chi connectivity index (χ0) is 14.5. The second kappa shape index (κ2) is 6.57. The van der Waals surface area contributed by atoms with Crippen LogP contribution in [0.1, 0.15) is 24.6 Å². The van der Waals surface area contributed by atoms with Gasteiger partial charge >= 0.3 is 0 Å². The van der Waals surface area contributed by atoms with Crippen LogP contribution in [0.2, 0.25) is 0 Å². The van der Waals surface area contributed by atoms with Crippen LogP contribution in [0.25, 0.3) is 0 Å². The predicted octanol–water partition coefficient (Wildman–Crippen LogP) is 3.00. The average Bonchev–Trinajstić information content (AvgIpc) is 2.74. The number of hydrogen-bond acceptors (Lipinski definition) is 3. The molecule has 1 N–H and O–H groups in total. The number of para-hydroxylation sites is 1. The smallest absolute Gasteiger partial charge is 0.135 e. The van der Waals surface area contributed by atoms with E-state index < -0.39 is 0 Å². The van der Waals surface area contributed by atoms with Crippen molar-refractivity contribution >= 4 is 11.5 Å². The second-order valence-electron chi connectivity index (χ2n) is 5.08. The molecule has 0 atom stereocenters. The Bertz CT molecular complexity index is 545. The minimum absolute atomic E-state index is 0.861. The Labute approximate surface area is 121 Å². The molecule has 0 spiro atoms. The molecule has 0 saturated heterocycles. The van der Waals surface area contributed by atoms with Gasteiger partial charge in [0.05, 0.1) is 5.69 Å². The minimum Gasteiger partial charge on any atom is -0.329 e. The summed E-state index contributed by atoms with van der Waals surface area (Å²) in [7, 11) is 4.10. The molecule has 108 valence electrons. The lowest BCUT2D eigenvalue weighted by atomic mass is 10.2. The first-order chi connectivity index (χ1) is 9.65. The molecule has 0 aliphatic rings. The molecule has 2 aromatic rings. The van der Waals surface area contributed by atoms with Gasteiger partial charge in [-0.25, -0.2) is 0 Å². The second-order valence-corrected chi connectivity index (χ2v) is 5.08. The molecular formula is C16H24N4. The summed E-state index contributed by atoms with van der Waals surface area (Å²) in [6.45, 7) is 6.15. The number of aromatic nitrogens is 2. The van der Waals surface area contributed by atoms with Gasteiger partial charge in [0.2, 0.25) is 0 Å². The first-order valence-corrected chi connectivity index (χ1v) is 7.17. The topological polar surface area (TPSA) is 33.1 Å². The fourth-order valence-electron chi connectivity index (χ4n) is 2.48. The molecule has 0 radical (unpaired) electrons. The van der Waals surface area contributed by atoms with Crippen molar-refractivity contribution < 1.29 is 0 Å². The van der Waals surface area contributed by atoms with Crippen LogP contribution in [0.4, 0.5) is 11.5 Å². The van der Waals surface area contributed by atoms with E-state index in [1.165, 1.54) is 11.3 Å². The Kier molecular flexibility index (Phi) is 4.79. The van der Waals surface area contributed by atoms with Gasteiger partial charge in [-0.2, -0.15) is 5.10 Å². The maximum atomic E-state index is 4.57. The standard InChI is InChI=1S/C16H24N4/c1-5-11-17-12-15-13(2)18-20(4)16(15)19(3)14-9-7-6-8-10-14/h6-10,17H,5,11-12H2,1-4H3. The van der Waals surface area contributed by atoms with Crippen molar-refractivity contribution in [3.05, 3.63) is 41.6 Å². The van der Waals surface area contributed by atoms with Crippen LogP contribution in [0.5, 0.6) is 0 Å². The van der Waals surface area contributed by atoms with Crippen molar-refractivity contribution in [2.24, 2.45) is 7.05 Å². The number of aryl methyl sites for hydroxylation is 2. The van der Waals surface area contributed by atoms with E-state index in [1.807, 2.05) is 17.8 Å². The first-order valence-electron chi connectivity index (χ1n) is 7.17. The number of nitrogens with zero attached hydrogens (tertiary/aromatic N) is 3. The zero-order valence-corrected chi connectivity index (χ0v) is 12.8. The van der Waals surface area contributed by atoms with Crippen LogP contribution < -0.4 is 10.2 Å². The lowest BCUT2D eigenvalue weighted by Crippen LogP contribution is -2.19. The fourth-order valence-corrected chi connectivity index (χ4v) is 2.48. The van der Waals surface area contributed by atoms with Gasteiger partial charge in [0.25, 0.3) is 0 Å². The molecule has 20 heavy (non-hydrogen) atoms. The number of hydrogen-bond donors (Lipinski definition) is 1. The van der Waals surface area contributed by atoms with Gasteiger partial charge in [-0.1, -0.05) is 25.1 Å². The summed E-state index contributed by atoms with van der Waals surface area (Å²) < 4.78 is 1.96. The van der Waals surface area contributed by atoms with Crippen molar-refractivity contribution in [1.82, 2.24) is 15.1 Å². The van der Waals surface area contributed by atoms with E-state index >= 15 is 0 Å². The third-order valence-electron chi connectivity index (χ3n) is 3.50. The summed E-state index contributed by atoms with van der Waals surface area (Å²) in [5.74, 6) is 1.15. The highest BCUT2D eigenvalue weighted by molar-refractivity contribution is 5.63. The summed E-state index contributed by atoms with van der Waals surface area (Å²) in [6.07, 6.45) is 1.14. The summed E-state index contributed by atoms with van der Waals surface area (Å²) in [4.78, 5) is 2.20. The van der Waals surface area contributed by atoms with Crippen molar-refractivity contribution in [2.75, 3.05) is 18.5 Å². The highest BCUT2D eigenvalue weighted by Crippen LogP contribution is 2.28. The van der Waals surface area contributed by atoms with Crippen LogP contribution in [0, 0.1) is 6.92 Å². The average molecular weight is 272 g/mol. The summed E-state index contributed by atoms with van der Waals surface area (Å²) >= 11 is 0. The molecule has 1 aromatic heterocycles. The van der Waals surface area contributed by atoms with Crippen LogP contribution in [0.3, 0.4) is 0 Å². The molecule has 0 fully saturated rings. The molecule has 4 nitrogen and oxygen atoms in total. The Morgan fingerprint density at radius 3 is 2.60 bits per heavy atom. The Morgan fingerprint density at radius 2 is 1.95 bits per heavy atom. The molecule has 0 bridgehead atoms. The first kappa shape index (κ1) is 14.6. The fraction of sp³-hybridized carbons (Fsp3) is 0.438. The Hall–Kier alpha value is -1.81. The quantitative estimate of drug-likeness (QED) is 0.821. The molecule has 4 heteroatoms. The third-order valence-corrected chi connectivity index (χ3v) is 3.50. The zero-order valence-electron chi connectivity index (χ0n) is 12.8. The number of benzene rings is 1. The van der Waals surface area contributed by atoms with Gasteiger partial charge in [-0.05, 0) is 32.0 Å². The molecule has 0 aliphatic heterocycles. The van der Waals surface area contributed by atoms with Crippen LogP contribution in [-0.2, 0) is 13.6 Å². The van der Waals surface area contributed by atoms with Gasteiger partial charge in [0.1, 0.15) is 5.82 Å². The van der Waals surface area contributed by atoms with Gasteiger partial charge < -0.3 is 10.2 Å². The van der Waals surface area contributed by atoms with Crippen molar-refractivity contribution in [1.29, 1.82) is 0 Å². The van der Waals surface area contributed by atoms with Crippen molar-refractivity contribution in [3.63, 3.8) is 0 Å². The monoisotopic (exact) mass is 272 g/mol. The van der Waals surface area contributed by atoms with E-state index in [4.69, 9.17) is 0 Å². The van der Waals surface area contributed by atoms with Crippen molar-refractivity contribution in [3.8, 4) is 0 Å². The van der Waals surface area contributed by atoms with E-state index in [0.717, 1.165) is 31.0 Å². The van der Waals surface area contributed by atoms with Crippen LogP contribution in [0.15, 0.2) is 30.3 Å². The van der Waals surface area contributed by atoms with Gasteiger partial charge in [0.15, 0.2) is 0 Å². The van der Waals surface area contributed by atoms with E-state index in [-0.39, 0.29) is 0 Å². The largest absolute Gasteiger partial charge is 0.329 e. The number of anilines is 2. The predicted molar refractivity (Wildman–Crippen MR) is 84.4 cm³/mol. The molecule has 1 aromatic carbocycles. The van der Waals surface area contributed by atoms with Crippen LogP contribution >= 0.6 is 0 Å².